The molecule has 0 saturated heterocycles. The van der Waals surface area contributed by atoms with Gasteiger partial charge in [0, 0.05) is 16.9 Å². The highest BCUT2D eigenvalue weighted by Crippen LogP contribution is 2.40. The molecule has 3 nitrogen and oxygen atoms in total. The maximum atomic E-state index is 13.0. The van der Waals surface area contributed by atoms with Crippen LogP contribution in [0.1, 0.15) is 10.4 Å². The molecule has 3 rings (SSSR count). The molecule has 2 aromatic rings. The molecular weight excluding hydrogens is 213 g/mol. The lowest BCUT2D eigenvalue weighted by Gasteiger charge is -1.98. The number of thiazole rings is 1. The molecule has 0 saturated carbocycles. The molecule has 0 amide bonds. The highest BCUT2D eigenvalue weighted by atomic mass is 32.1. The second kappa shape index (κ2) is 3.01. The normalized spacial score (nSPS) is 12.4. The first kappa shape index (κ1) is 8.82. The third kappa shape index (κ3) is 1.24. The van der Waals surface area contributed by atoms with Gasteiger partial charge in [-0.2, -0.15) is 0 Å². The van der Waals surface area contributed by atoms with Gasteiger partial charge in [-0.1, -0.05) is 11.3 Å². The van der Waals surface area contributed by atoms with Crippen molar-refractivity contribution >= 4 is 16.5 Å². The number of hydrogen-bond donors (Lipinski definition) is 2. The number of hydrogen-bond acceptors (Lipinski definition) is 4. The molecule has 1 aromatic heterocycles. The van der Waals surface area contributed by atoms with Crippen LogP contribution < -0.4 is 11.3 Å². The predicted molar refractivity (Wildman–Crippen MR) is 58.1 cm³/mol. The van der Waals surface area contributed by atoms with Gasteiger partial charge in [0.05, 0.1) is 5.69 Å². The fraction of sp³-hybridized carbons (Fsp3) is 0.100. The molecule has 1 aliphatic rings. The second-order valence-corrected chi connectivity index (χ2v) is 4.50. The summed E-state index contributed by atoms with van der Waals surface area (Å²) in [6, 6.07) is 4.80. The number of nitrogens with two attached hydrogens (primary N) is 1. The number of hydrazine groups is 1. The van der Waals surface area contributed by atoms with Crippen LogP contribution in [0.5, 0.6) is 0 Å². The van der Waals surface area contributed by atoms with Gasteiger partial charge in [0.2, 0.25) is 0 Å². The average Bonchev–Trinajstić information content (AvgIpc) is 2.73. The number of fused-ring (bicyclic) bond motifs is 3. The van der Waals surface area contributed by atoms with Crippen molar-refractivity contribution in [3.05, 3.63) is 34.5 Å². The molecule has 76 valence electrons. The number of nitrogen functional groups attached to an aromatic ring is 1. The van der Waals surface area contributed by atoms with E-state index in [0.717, 1.165) is 28.1 Å². The summed E-state index contributed by atoms with van der Waals surface area (Å²) in [6.45, 7) is 0. The Morgan fingerprint density at radius 2 is 2.33 bits per heavy atom. The average molecular weight is 221 g/mol. The van der Waals surface area contributed by atoms with Crippen LogP contribution in [-0.2, 0) is 6.42 Å². The molecule has 15 heavy (non-hydrogen) atoms. The lowest BCUT2D eigenvalue weighted by molar-refractivity contribution is 0.626. The lowest BCUT2D eigenvalue weighted by Crippen LogP contribution is -2.05. The number of nitrogens with one attached hydrogen (secondary N) is 1. The van der Waals surface area contributed by atoms with E-state index >= 15 is 0 Å². The van der Waals surface area contributed by atoms with Gasteiger partial charge in [-0.25, -0.2) is 15.2 Å². The zero-order valence-corrected chi connectivity index (χ0v) is 8.57. The molecule has 0 unspecified atom stereocenters. The Hall–Kier alpha value is -1.46. The van der Waals surface area contributed by atoms with E-state index < -0.39 is 0 Å². The van der Waals surface area contributed by atoms with E-state index in [-0.39, 0.29) is 5.82 Å². The molecule has 1 aliphatic carbocycles. The standard InChI is InChI=1S/C10H8FN3S/c11-6-1-2-7-5(3-6)4-8-9(7)13-10(14-12)15-8/h1-3H,4,12H2,(H,13,14). The summed E-state index contributed by atoms with van der Waals surface area (Å²) in [5.74, 6) is 5.10. The first-order valence-electron chi connectivity index (χ1n) is 4.53. The summed E-state index contributed by atoms with van der Waals surface area (Å²) in [6.07, 6.45) is 0.752. The summed E-state index contributed by atoms with van der Waals surface area (Å²) in [7, 11) is 0. The van der Waals surface area contributed by atoms with Crippen molar-refractivity contribution in [2.45, 2.75) is 6.42 Å². The van der Waals surface area contributed by atoms with Crippen molar-refractivity contribution in [2.24, 2.45) is 5.84 Å². The summed E-state index contributed by atoms with van der Waals surface area (Å²) < 4.78 is 13.0. The van der Waals surface area contributed by atoms with Crippen molar-refractivity contribution in [3.8, 4) is 11.3 Å². The van der Waals surface area contributed by atoms with E-state index in [1.807, 2.05) is 0 Å². The number of rotatable bonds is 1. The molecule has 0 fully saturated rings. The number of aromatic nitrogens is 1. The number of halogens is 1. The molecule has 0 radical (unpaired) electrons. The number of benzene rings is 1. The van der Waals surface area contributed by atoms with Gasteiger partial charge in [0.15, 0.2) is 5.13 Å². The third-order valence-corrected chi connectivity index (χ3v) is 3.48. The summed E-state index contributed by atoms with van der Waals surface area (Å²) in [4.78, 5) is 5.48. The van der Waals surface area contributed by atoms with Gasteiger partial charge in [-0.15, -0.1) is 0 Å². The smallest absolute Gasteiger partial charge is 0.197 e. The minimum Gasteiger partial charge on any atom is -0.300 e. The van der Waals surface area contributed by atoms with Crippen LogP contribution in [0.25, 0.3) is 11.3 Å². The molecule has 0 bridgehead atoms. The first-order valence-corrected chi connectivity index (χ1v) is 5.34. The number of nitrogens with zero attached hydrogens (tertiary/aromatic N) is 1. The Bertz CT molecular complexity index is 535. The quantitative estimate of drug-likeness (QED) is 0.489. The Balaban J connectivity index is 2.17. The van der Waals surface area contributed by atoms with Gasteiger partial charge in [0.25, 0.3) is 0 Å². The molecule has 0 spiro atoms. The number of anilines is 1. The molecule has 0 atom stereocenters. The van der Waals surface area contributed by atoms with Crippen molar-refractivity contribution in [1.82, 2.24) is 4.98 Å². The highest BCUT2D eigenvalue weighted by Gasteiger charge is 2.23. The van der Waals surface area contributed by atoms with Crippen LogP contribution in [0.4, 0.5) is 9.52 Å². The van der Waals surface area contributed by atoms with Crippen LogP contribution in [0.15, 0.2) is 18.2 Å². The Morgan fingerprint density at radius 3 is 3.13 bits per heavy atom. The molecule has 1 aromatic carbocycles. The van der Waals surface area contributed by atoms with Crippen LogP contribution in [0, 0.1) is 5.82 Å². The van der Waals surface area contributed by atoms with E-state index in [1.165, 1.54) is 17.4 Å². The zero-order valence-electron chi connectivity index (χ0n) is 7.75. The van der Waals surface area contributed by atoms with Crippen LogP contribution in [-0.4, -0.2) is 4.98 Å². The minimum absolute atomic E-state index is 0.193. The maximum absolute atomic E-state index is 13.0. The largest absolute Gasteiger partial charge is 0.300 e. The fourth-order valence-corrected chi connectivity index (χ4v) is 2.77. The van der Waals surface area contributed by atoms with Crippen molar-refractivity contribution in [3.63, 3.8) is 0 Å². The zero-order chi connectivity index (χ0) is 10.4. The lowest BCUT2D eigenvalue weighted by atomic mass is 10.1. The van der Waals surface area contributed by atoms with E-state index in [2.05, 4.69) is 10.4 Å². The molecule has 3 N–H and O–H groups in total. The fourth-order valence-electron chi connectivity index (χ4n) is 1.86. The summed E-state index contributed by atoms with van der Waals surface area (Å²) in [5.41, 5.74) is 5.49. The van der Waals surface area contributed by atoms with E-state index in [9.17, 15) is 4.39 Å². The topological polar surface area (TPSA) is 50.9 Å². The minimum atomic E-state index is -0.193. The first-order chi connectivity index (χ1) is 7.28. The van der Waals surface area contributed by atoms with Gasteiger partial charge < -0.3 is 0 Å². The molecular formula is C10H8FN3S. The predicted octanol–water partition coefficient (Wildman–Crippen LogP) is 2.14. The van der Waals surface area contributed by atoms with Crippen LogP contribution in [0.3, 0.4) is 0 Å². The van der Waals surface area contributed by atoms with Crippen LogP contribution in [0.2, 0.25) is 0 Å². The maximum Gasteiger partial charge on any atom is 0.197 e. The molecule has 1 heterocycles. The molecule has 5 heteroatoms. The Labute approximate surface area is 89.7 Å². The van der Waals surface area contributed by atoms with E-state index in [1.54, 1.807) is 12.1 Å². The van der Waals surface area contributed by atoms with E-state index in [4.69, 9.17) is 5.84 Å². The third-order valence-electron chi connectivity index (χ3n) is 2.49. The highest BCUT2D eigenvalue weighted by molar-refractivity contribution is 7.16. The van der Waals surface area contributed by atoms with Crippen molar-refractivity contribution < 1.29 is 4.39 Å². The van der Waals surface area contributed by atoms with Gasteiger partial charge in [0.1, 0.15) is 5.82 Å². The Kier molecular flexibility index (Phi) is 1.77. The van der Waals surface area contributed by atoms with E-state index in [0.29, 0.717) is 5.13 Å². The monoisotopic (exact) mass is 221 g/mol. The SMILES string of the molecule is NNc1nc2c(s1)Cc1cc(F)ccc1-2. The van der Waals surface area contributed by atoms with Crippen LogP contribution >= 0.6 is 11.3 Å². The van der Waals surface area contributed by atoms with Gasteiger partial charge in [-0.05, 0) is 23.8 Å². The molecule has 0 aliphatic heterocycles. The van der Waals surface area contributed by atoms with Gasteiger partial charge >= 0.3 is 0 Å². The second-order valence-electron chi connectivity index (χ2n) is 3.41. The summed E-state index contributed by atoms with van der Waals surface area (Å²) >= 11 is 1.51. The van der Waals surface area contributed by atoms with Crippen molar-refractivity contribution in [1.29, 1.82) is 0 Å². The van der Waals surface area contributed by atoms with Gasteiger partial charge in [-0.3, -0.25) is 5.43 Å². The van der Waals surface area contributed by atoms with Crippen molar-refractivity contribution in [2.75, 3.05) is 5.43 Å². The summed E-state index contributed by atoms with van der Waals surface area (Å²) in [5, 5.41) is 0.704. The Morgan fingerprint density at radius 1 is 1.47 bits per heavy atom.